The zero-order valence-corrected chi connectivity index (χ0v) is 13.6. The number of hydrogen-bond acceptors (Lipinski definition) is 3. The highest BCUT2D eigenvalue weighted by Crippen LogP contribution is 2.16. The minimum Gasteiger partial charge on any atom is -0.376 e. The molecule has 104 valence electrons. The molecule has 1 fully saturated rings. The van der Waals surface area contributed by atoms with E-state index in [9.17, 15) is 4.79 Å². The van der Waals surface area contributed by atoms with Gasteiger partial charge in [0.15, 0.2) is 5.78 Å². The average Bonchev–Trinajstić information content (AvgIpc) is 2.39. The van der Waals surface area contributed by atoms with Gasteiger partial charge in [-0.1, -0.05) is 19.1 Å². The molecule has 1 aromatic carbocycles. The Bertz CT molecular complexity index is 432. The Balaban J connectivity index is 2.02. The van der Waals surface area contributed by atoms with Crippen LogP contribution in [0.25, 0.3) is 0 Å². The van der Waals surface area contributed by atoms with E-state index in [0.717, 1.165) is 28.7 Å². The molecule has 4 heteroatoms. The lowest BCUT2D eigenvalue weighted by atomic mass is 10.1. The van der Waals surface area contributed by atoms with Gasteiger partial charge in [0.25, 0.3) is 0 Å². The number of ketones is 1. The van der Waals surface area contributed by atoms with E-state index in [1.807, 2.05) is 24.3 Å². The van der Waals surface area contributed by atoms with E-state index in [0.29, 0.717) is 12.6 Å². The van der Waals surface area contributed by atoms with Crippen molar-refractivity contribution >= 4 is 28.4 Å². The molecule has 0 aliphatic carbocycles. The molecule has 19 heavy (non-hydrogen) atoms. The number of ether oxygens (including phenoxy) is 1. The van der Waals surface area contributed by atoms with Gasteiger partial charge in [-0.25, -0.2) is 0 Å². The van der Waals surface area contributed by atoms with Crippen LogP contribution in [0.5, 0.6) is 0 Å². The minimum absolute atomic E-state index is 0.198. The first-order chi connectivity index (χ1) is 9.10. The first kappa shape index (κ1) is 14.9. The van der Waals surface area contributed by atoms with Crippen molar-refractivity contribution in [2.24, 2.45) is 0 Å². The summed E-state index contributed by atoms with van der Waals surface area (Å²) in [5, 5.41) is 0. The first-order valence-corrected chi connectivity index (χ1v) is 7.82. The van der Waals surface area contributed by atoms with Crippen LogP contribution in [0.15, 0.2) is 24.3 Å². The highest BCUT2D eigenvalue weighted by atomic mass is 127. The number of halogens is 1. The topological polar surface area (TPSA) is 29.5 Å². The normalized spacial score (nSPS) is 24.4. The van der Waals surface area contributed by atoms with Crippen LogP contribution >= 0.6 is 22.6 Å². The number of morpholine rings is 1. The summed E-state index contributed by atoms with van der Waals surface area (Å²) in [6.45, 7) is 6.28. The van der Waals surface area contributed by atoms with E-state index < -0.39 is 0 Å². The van der Waals surface area contributed by atoms with Crippen molar-refractivity contribution < 1.29 is 9.53 Å². The van der Waals surface area contributed by atoms with Crippen LogP contribution in [-0.4, -0.2) is 42.5 Å². The molecule has 3 nitrogen and oxygen atoms in total. The Labute approximate surface area is 128 Å². The maximum absolute atomic E-state index is 12.3. The van der Waals surface area contributed by atoms with Gasteiger partial charge in [0, 0.05) is 21.7 Å². The molecule has 0 aromatic heterocycles. The first-order valence-electron chi connectivity index (χ1n) is 6.74. The summed E-state index contributed by atoms with van der Waals surface area (Å²) in [6.07, 6.45) is 1.24. The third kappa shape index (κ3) is 4.00. The van der Waals surface area contributed by atoms with Crippen molar-refractivity contribution in [2.45, 2.75) is 32.4 Å². The van der Waals surface area contributed by atoms with E-state index in [1.165, 1.54) is 0 Å². The van der Waals surface area contributed by atoms with Crippen molar-refractivity contribution in [1.29, 1.82) is 0 Å². The lowest BCUT2D eigenvalue weighted by Gasteiger charge is -2.37. The summed E-state index contributed by atoms with van der Waals surface area (Å²) in [5.41, 5.74) is 0.800. The van der Waals surface area contributed by atoms with Crippen LogP contribution in [0, 0.1) is 3.57 Å². The monoisotopic (exact) mass is 373 g/mol. The quantitative estimate of drug-likeness (QED) is 0.601. The molecular formula is C15H20INO2. The SMILES string of the molecule is CCC1COC(C)CN1CC(=O)c1ccc(I)cc1. The number of carbonyl (C=O) groups excluding carboxylic acids is 1. The van der Waals surface area contributed by atoms with Crippen molar-refractivity contribution in [1.82, 2.24) is 4.90 Å². The van der Waals surface area contributed by atoms with Crippen molar-refractivity contribution in [2.75, 3.05) is 19.7 Å². The summed E-state index contributed by atoms with van der Waals surface area (Å²) in [6, 6.07) is 8.15. The van der Waals surface area contributed by atoms with Gasteiger partial charge in [-0.3, -0.25) is 9.69 Å². The maximum atomic E-state index is 12.3. The second-order valence-electron chi connectivity index (χ2n) is 5.07. The molecule has 1 aliphatic heterocycles. The number of rotatable bonds is 4. The summed E-state index contributed by atoms with van der Waals surface area (Å²) in [7, 11) is 0. The van der Waals surface area contributed by atoms with Gasteiger partial charge in [0.1, 0.15) is 0 Å². The van der Waals surface area contributed by atoms with Gasteiger partial charge in [0.2, 0.25) is 0 Å². The maximum Gasteiger partial charge on any atom is 0.176 e. The number of hydrogen-bond donors (Lipinski definition) is 0. The molecule has 1 aromatic rings. The van der Waals surface area contributed by atoms with E-state index in [1.54, 1.807) is 0 Å². The fourth-order valence-corrected chi connectivity index (χ4v) is 2.75. The summed E-state index contributed by atoms with van der Waals surface area (Å²) >= 11 is 2.25. The minimum atomic E-state index is 0.198. The van der Waals surface area contributed by atoms with Gasteiger partial charge in [0.05, 0.1) is 19.3 Å². The van der Waals surface area contributed by atoms with Crippen LogP contribution < -0.4 is 0 Å². The van der Waals surface area contributed by atoms with E-state index in [4.69, 9.17) is 4.74 Å². The predicted octanol–water partition coefficient (Wildman–Crippen LogP) is 2.97. The molecule has 0 amide bonds. The second-order valence-corrected chi connectivity index (χ2v) is 6.31. The lowest BCUT2D eigenvalue weighted by molar-refractivity contribution is -0.0523. The molecule has 2 unspecified atom stereocenters. The summed E-state index contributed by atoms with van der Waals surface area (Å²) < 4.78 is 6.81. The molecule has 0 saturated carbocycles. The molecule has 1 aliphatic rings. The number of carbonyl (C=O) groups is 1. The Hall–Kier alpha value is -0.460. The van der Waals surface area contributed by atoms with Gasteiger partial charge in [-0.15, -0.1) is 0 Å². The van der Waals surface area contributed by atoms with E-state index in [2.05, 4.69) is 41.3 Å². The molecular weight excluding hydrogens is 353 g/mol. The zero-order valence-electron chi connectivity index (χ0n) is 11.4. The van der Waals surface area contributed by atoms with E-state index in [-0.39, 0.29) is 11.9 Å². The van der Waals surface area contributed by atoms with Crippen molar-refractivity contribution in [3.63, 3.8) is 0 Å². The van der Waals surface area contributed by atoms with Crippen LogP contribution in [0.3, 0.4) is 0 Å². The zero-order chi connectivity index (χ0) is 13.8. The number of Topliss-reactive ketones (excluding diaryl/α,β-unsaturated/α-hetero) is 1. The van der Waals surface area contributed by atoms with Crippen LogP contribution in [-0.2, 0) is 4.74 Å². The predicted molar refractivity (Wildman–Crippen MR) is 84.6 cm³/mol. The third-order valence-electron chi connectivity index (χ3n) is 3.57. The molecule has 2 rings (SSSR count). The standard InChI is InChI=1S/C15H20INO2/c1-3-14-10-19-11(2)8-17(14)9-15(18)12-4-6-13(16)7-5-12/h4-7,11,14H,3,8-10H2,1-2H3. The van der Waals surface area contributed by atoms with Crippen molar-refractivity contribution in [3.05, 3.63) is 33.4 Å². The highest BCUT2D eigenvalue weighted by molar-refractivity contribution is 14.1. The van der Waals surface area contributed by atoms with Crippen LogP contribution in [0.4, 0.5) is 0 Å². The molecule has 1 heterocycles. The van der Waals surface area contributed by atoms with Gasteiger partial charge in [-0.05, 0) is 48.1 Å². The van der Waals surface area contributed by atoms with Crippen LogP contribution in [0.2, 0.25) is 0 Å². The average molecular weight is 373 g/mol. The summed E-state index contributed by atoms with van der Waals surface area (Å²) in [4.78, 5) is 14.6. The largest absolute Gasteiger partial charge is 0.376 e. The Morgan fingerprint density at radius 1 is 1.42 bits per heavy atom. The summed E-state index contributed by atoms with van der Waals surface area (Å²) in [5.74, 6) is 0.198. The van der Waals surface area contributed by atoms with Gasteiger partial charge < -0.3 is 4.74 Å². The Morgan fingerprint density at radius 3 is 2.74 bits per heavy atom. The molecule has 0 radical (unpaired) electrons. The van der Waals surface area contributed by atoms with E-state index >= 15 is 0 Å². The Kier molecular flexibility index (Phi) is 5.36. The number of benzene rings is 1. The molecule has 0 spiro atoms. The molecule has 2 atom stereocenters. The second kappa shape index (κ2) is 6.81. The fourth-order valence-electron chi connectivity index (χ4n) is 2.39. The number of nitrogens with zero attached hydrogens (tertiary/aromatic N) is 1. The van der Waals surface area contributed by atoms with Gasteiger partial charge in [-0.2, -0.15) is 0 Å². The van der Waals surface area contributed by atoms with Gasteiger partial charge >= 0.3 is 0 Å². The third-order valence-corrected chi connectivity index (χ3v) is 4.28. The Morgan fingerprint density at radius 2 is 2.11 bits per heavy atom. The highest BCUT2D eigenvalue weighted by Gasteiger charge is 2.27. The lowest BCUT2D eigenvalue weighted by Crippen LogP contribution is -2.50. The molecule has 0 bridgehead atoms. The fraction of sp³-hybridized carbons (Fsp3) is 0.533. The van der Waals surface area contributed by atoms with Crippen LogP contribution in [0.1, 0.15) is 30.6 Å². The smallest absolute Gasteiger partial charge is 0.176 e. The van der Waals surface area contributed by atoms with Crippen molar-refractivity contribution in [3.8, 4) is 0 Å². The molecule has 0 N–H and O–H groups in total. The molecule has 1 saturated heterocycles.